The Morgan fingerprint density at radius 2 is 0.875 bits per heavy atom. The fourth-order valence-corrected chi connectivity index (χ4v) is 5.18. The molecule has 0 aliphatic rings. The first kappa shape index (κ1) is 23.6. The summed E-state index contributed by atoms with van der Waals surface area (Å²) in [6.45, 7) is 7.25. The van der Waals surface area contributed by atoms with E-state index < -0.39 is 26.8 Å². The van der Waals surface area contributed by atoms with Gasteiger partial charge >= 0.3 is 15.2 Å². The molecule has 0 atom stereocenters. The Balaban J connectivity index is 4.50. The van der Waals surface area contributed by atoms with Crippen molar-refractivity contribution in [2.24, 2.45) is 0 Å². The second-order valence-corrected chi connectivity index (χ2v) is 8.90. The van der Waals surface area contributed by atoms with Gasteiger partial charge in [-0.3, -0.25) is 18.7 Å². The van der Waals surface area contributed by atoms with Gasteiger partial charge in [-0.05, 0) is 27.7 Å². The standard InChI is InChI=1S/C14H28O8P2/c1-5-19-23(17,20-6-2)11-13(15)9-10-14(16)12-24(18,21-7-3)22-8-4/h5-12H2,1-4H3. The first-order valence-electron chi connectivity index (χ1n) is 8.03. The molecule has 0 amide bonds. The van der Waals surface area contributed by atoms with Crippen LogP contribution in [0.2, 0.25) is 0 Å². The lowest BCUT2D eigenvalue weighted by Gasteiger charge is -2.17. The van der Waals surface area contributed by atoms with Crippen molar-refractivity contribution in [3.05, 3.63) is 0 Å². The Labute approximate surface area is 143 Å². The van der Waals surface area contributed by atoms with Gasteiger partial charge in [0.25, 0.3) is 0 Å². The van der Waals surface area contributed by atoms with Gasteiger partial charge in [-0.15, -0.1) is 0 Å². The van der Waals surface area contributed by atoms with Crippen LogP contribution in [0.3, 0.4) is 0 Å². The van der Waals surface area contributed by atoms with Gasteiger partial charge in [-0.2, -0.15) is 0 Å². The number of Topliss-reactive ketones (excluding diaryl/α,β-unsaturated/α-hetero) is 2. The van der Waals surface area contributed by atoms with Crippen LogP contribution >= 0.6 is 15.2 Å². The summed E-state index contributed by atoms with van der Waals surface area (Å²) in [7, 11) is -6.93. The van der Waals surface area contributed by atoms with E-state index in [-0.39, 0.29) is 51.6 Å². The normalized spacial score (nSPS) is 12.3. The highest BCUT2D eigenvalue weighted by Gasteiger charge is 2.30. The minimum Gasteiger partial charge on any atom is -0.309 e. The van der Waals surface area contributed by atoms with E-state index in [0.29, 0.717) is 0 Å². The van der Waals surface area contributed by atoms with Gasteiger partial charge in [-0.25, -0.2) is 0 Å². The highest BCUT2D eigenvalue weighted by Crippen LogP contribution is 2.49. The first-order valence-corrected chi connectivity index (χ1v) is 11.5. The molecule has 0 aliphatic carbocycles. The molecule has 24 heavy (non-hydrogen) atoms. The van der Waals surface area contributed by atoms with E-state index in [1.807, 2.05) is 0 Å². The Bertz CT molecular complexity index is 427. The van der Waals surface area contributed by atoms with E-state index in [0.717, 1.165) is 0 Å². The quantitative estimate of drug-likeness (QED) is 0.394. The Kier molecular flexibility index (Phi) is 11.9. The zero-order valence-electron chi connectivity index (χ0n) is 14.8. The summed E-state index contributed by atoms with van der Waals surface area (Å²) >= 11 is 0. The van der Waals surface area contributed by atoms with Crippen molar-refractivity contribution in [3.8, 4) is 0 Å². The molecule has 8 nitrogen and oxygen atoms in total. The molecular weight excluding hydrogens is 358 g/mol. The largest absolute Gasteiger partial charge is 0.338 e. The minimum atomic E-state index is -3.46. The molecular formula is C14H28O8P2. The predicted molar refractivity (Wildman–Crippen MR) is 90.7 cm³/mol. The van der Waals surface area contributed by atoms with Crippen LogP contribution in [-0.2, 0) is 36.8 Å². The Morgan fingerprint density at radius 1 is 0.625 bits per heavy atom. The van der Waals surface area contributed by atoms with Crippen LogP contribution in [0.25, 0.3) is 0 Å². The van der Waals surface area contributed by atoms with Crippen molar-refractivity contribution in [2.45, 2.75) is 40.5 Å². The lowest BCUT2D eigenvalue weighted by Crippen LogP contribution is -2.14. The summed E-state index contributed by atoms with van der Waals surface area (Å²) in [6.07, 6.45) is -1.00. The van der Waals surface area contributed by atoms with Crippen LogP contribution in [0, 0.1) is 0 Å². The van der Waals surface area contributed by atoms with Gasteiger partial charge in [0.2, 0.25) is 0 Å². The zero-order chi connectivity index (χ0) is 18.6. The lowest BCUT2D eigenvalue weighted by atomic mass is 10.2. The molecule has 0 bridgehead atoms. The summed E-state index contributed by atoms with van der Waals surface area (Å²) in [5, 5.41) is 0. The molecule has 0 fully saturated rings. The molecule has 0 heterocycles. The molecule has 0 radical (unpaired) electrons. The fraction of sp³-hybridized carbons (Fsp3) is 0.857. The monoisotopic (exact) mass is 386 g/mol. The fourth-order valence-electron chi connectivity index (χ4n) is 1.91. The van der Waals surface area contributed by atoms with Crippen molar-refractivity contribution in [2.75, 3.05) is 38.8 Å². The summed E-state index contributed by atoms with van der Waals surface area (Å²) in [5.74, 6) is -0.813. The lowest BCUT2D eigenvalue weighted by molar-refractivity contribution is -0.122. The number of hydrogen-bond acceptors (Lipinski definition) is 8. The summed E-state index contributed by atoms with van der Waals surface area (Å²) in [4.78, 5) is 23.8. The van der Waals surface area contributed by atoms with E-state index >= 15 is 0 Å². The van der Waals surface area contributed by atoms with E-state index in [1.54, 1.807) is 27.7 Å². The van der Waals surface area contributed by atoms with Crippen LogP contribution < -0.4 is 0 Å². The average molecular weight is 386 g/mol. The number of ketones is 2. The maximum absolute atomic E-state index is 12.2. The van der Waals surface area contributed by atoms with Crippen LogP contribution in [-0.4, -0.2) is 50.3 Å². The maximum atomic E-state index is 12.2. The third-order valence-electron chi connectivity index (χ3n) is 2.73. The maximum Gasteiger partial charge on any atom is 0.338 e. The predicted octanol–water partition coefficient (Wildman–Crippen LogP) is 3.44. The van der Waals surface area contributed by atoms with Crippen LogP contribution in [0.15, 0.2) is 0 Å². The number of hydrogen-bond donors (Lipinski definition) is 0. The van der Waals surface area contributed by atoms with Crippen LogP contribution in [0.1, 0.15) is 40.5 Å². The summed E-state index contributed by atoms with van der Waals surface area (Å²) in [5.41, 5.74) is 0. The second-order valence-electron chi connectivity index (χ2n) is 4.79. The topological polar surface area (TPSA) is 105 Å². The van der Waals surface area contributed by atoms with Gasteiger partial charge in [0, 0.05) is 12.8 Å². The Hall–Kier alpha value is -0.360. The highest BCUT2D eigenvalue weighted by molar-refractivity contribution is 7.55. The summed E-state index contributed by atoms with van der Waals surface area (Å²) in [6, 6.07) is 0. The van der Waals surface area contributed by atoms with E-state index in [1.165, 1.54) is 0 Å². The molecule has 10 heteroatoms. The minimum absolute atomic E-state index is 0.124. The average Bonchev–Trinajstić information content (AvgIpc) is 2.45. The second kappa shape index (κ2) is 12.1. The van der Waals surface area contributed by atoms with Crippen molar-refractivity contribution in [1.29, 1.82) is 0 Å². The number of carbonyl (C=O) groups excluding carboxylic acids is 2. The van der Waals surface area contributed by atoms with Gasteiger partial charge in [0.1, 0.15) is 23.9 Å². The highest BCUT2D eigenvalue weighted by atomic mass is 31.2. The SMILES string of the molecule is CCOP(=O)(CC(=O)CCC(=O)CP(=O)(OCC)OCC)OCC. The molecule has 0 aromatic heterocycles. The van der Waals surface area contributed by atoms with Crippen molar-refractivity contribution < 1.29 is 36.8 Å². The van der Waals surface area contributed by atoms with E-state index in [4.69, 9.17) is 18.1 Å². The number of carbonyl (C=O) groups is 2. The zero-order valence-corrected chi connectivity index (χ0v) is 16.6. The molecule has 0 aromatic rings. The molecule has 0 saturated carbocycles. The van der Waals surface area contributed by atoms with Gasteiger partial charge in [0.05, 0.1) is 26.4 Å². The summed E-state index contributed by atoms with van der Waals surface area (Å²) < 4.78 is 44.6. The molecule has 142 valence electrons. The van der Waals surface area contributed by atoms with Crippen molar-refractivity contribution >= 4 is 26.8 Å². The van der Waals surface area contributed by atoms with Gasteiger partial charge in [0.15, 0.2) is 0 Å². The Morgan fingerprint density at radius 3 is 1.08 bits per heavy atom. The molecule has 0 unspecified atom stereocenters. The first-order chi connectivity index (χ1) is 11.2. The third kappa shape index (κ3) is 9.82. The van der Waals surface area contributed by atoms with E-state index in [2.05, 4.69) is 0 Å². The van der Waals surface area contributed by atoms with Crippen LogP contribution in [0.4, 0.5) is 0 Å². The molecule has 0 rings (SSSR count). The van der Waals surface area contributed by atoms with Crippen molar-refractivity contribution in [1.82, 2.24) is 0 Å². The molecule has 0 aromatic carbocycles. The smallest absolute Gasteiger partial charge is 0.309 e. The van der Waals surface area contributed by atoms with E-state index in [9.17, 15) is 18.7 Å². The van der Waals surface area contributed by atoms with Gasteiger partial charge in [-0.1, -0.05) is 0 Å². The van der Waals surface area contributed by atoms with Gasteiger partial charge < -0.3 is 18.1 Å². The molecule has 0 spiro atoms. The number of rotatable bonds is 15. The van der Waals surface area contributed by atoms with Crippen molar-refractivity contribution in [3.63, 3.8) is 0 Å². The van der Waals surface area contributed by atoms with Crippen LogP contribution in [0.5, 0.6) is 0 Å². The molecule has 0 saturated heterocycles. The molecule has 0 N–H and O–H groups in total. The third-order valence-corrected chi connectivity index (χ3v) is 6.81. The molecule has 0 aliphatic heterocycles.